The highest BCUT2D eigenvalue weighted by atomic mass is 35.5. The topological polar surface area (TPSA) is 63.3 Å². The van der Waals surface area contributed by atoms with Crippen LogP contribution in [0.15, 0.2) is 28.7 Å². The lowest BCUT2D eigenvalue weighted by Crippen LogP contribution is -1.94. The summed E-state index contributed by atoms with van der Waals surface area (Å²) in [5.74, 6) is -0.686. The Morgan fingerprint density at radius 2 is 2.11 bits per heavy atom. The predicted molar refractivity (Wildman–Crippen MR) is 74.3 cm³/mol. The molecule has 0 aliphatic heterocycles. The van der Waals surface area contributed by atoms with Crippen LogP contribution < -0.4 is 0 Å². The Kier molecular flexibility index (Phi) is 2.97. The molecule has 96 valence electrons. The number of thiophene rings is 1. The lowest BCUT2D eigenvalue weighted by atomic mass is 10.2. The third-order valence-electron chi connectivity index (χ3n) is 2.52. The summed E-state index contributed by atoms with van der Waals surface area (Å²) in [6, 6.07) is 6.14. The number of halogens is 2. The molecule has 0 saturated heterocycles. The normalized spacial score (nSPS) is 11.1. The van der Waals surface area contributed by atoms with Crippen molar-refractivity contribution in [1.29, 1.82) is 0 Å². The van der Waals surface area contributed by atoms with E-state index in [-0.39, 0.29) is 5.56 Å². The van der Waals surface area contributed by atoms with Gasteiger partial charge in [0.15, 0.2) is 5.58 Å². The molecule has 19 heavy (non-hydrogen) atoms. The van der Waals surface area contributed by atoms with Crippen LogP contribution in [0, 0.1) is 0 Å². The van der Waals surface area contributed by atoms with Gasteiger partial charge in [-0.3, -0.25) is 0 Å². The Morgan fingerprint density at radius 3 is 2.74 bits per heavy atom. The molecule has 0 amide bonds. The van der Waals surface area contributed by atoms with Gasteiger partial charge in [0, 0.05) is 0 Å². The molecule has 2 heterocycles. The fraction of sp³-hybridized carbons (Fsp3) is 0. The molecule has 0 radical (unpaired) electrons. The molecule has 0 spiro atoms. The maximum Gasteiger partial charge on any atom is 0.335 e. The number of hydrogen-bond acceptors (Lipinski definition) is 4. The van der Waals surface area contributed by atoms with E-state index in [0.29, 0.717) is 31.2 Å². The van der Waals surface area contributed by atoms with Crippen molar-refractivity contribution in [1.82, 2.24) is 4.98 Å². The number of carbonyl (C=O) groups is 1. The maximum absolute atomic E-state index is 10.9. The molecule has 0 bridgehead atoms. The van der Waals surface area contributed by atoms with Crippen LogP contribution in [0.3, 0.4) is 0 Å². The fourth-order valence-electron chi connectivity index (χ4n) is 1.66. The summed E-state index contributed by atoms with van der Waals surface area (Å²) in [7, 11) is 0. The quantitative estimate of drug-likeness (QED) is 0.753. The van der Waals surface area contributed by atoms with Crippen molar-refractivity contribution in [2.24, 2.45) is 0 Å². The van der Waals surface area contributed by atoms with Crippen LogP contribution in [0.1, 0.15) is 10.4 Å². The number of aromatic nitrogens is 1. The summed E-state index contributed by atoms with van der Waals surface area (Å²) in [5.41, 5.74) is 1.72. The molecular weight excluding hydrogens is 309 g/mol. The summed E-state index contributed by atoms with van der Waals surface area (Å²) in [6.07, 6.45) is 0. The highest BCUT2D eigenvalue weighted by molar-refractivity contribution is 7.20. The summed E-state index contributed by atoms with van der Waals surface area (Å²) >= 11 is 13.1. The van der Waals surface area contributed by atoms with Gasteiger partial charge in [-0.15, -0.1) is 11.3 Å². The number of nitrogens with zero attached hydrogens (tertiary/aromatic N) is 1. The molecule has 1 N–H and O–H groups in total. The van der Waals surface area contributed by atoms with Crippen molar-refractivity contribution in [2.45, 2.75) is 0 Å². The van der Waals surface area contributed by atoms with E-state index in [9.17, 15) is 4.79 Å². The van der Waals surface area contributed by atoms with Gasteiger partial charge in [-0.25, -0.2) is 9.78 Å². The summed E-state index contributed by atoms with van der Waals surface area (Å²) in [4.78, 5) is 15.1. The molecule has 7 heteroatoms. The van der Waals surface area contributed by atoms with Crippen LogP contribution in [0.4, 0.5) is 0 Å². The van der Waals surface area contributed by atoms with Crippen molar-refractivity contribution in [3.8, 4) is 11.5 Å². The van der Waals surface area contributed by atoms with Crippen LogP contribution in [0.25, 0.3) is 22.6 Å². The van der Waals surface area contributed by atoms with Crippen LogP contribution >= 0.6 is 34.5 Å². The fourth-order valence-corrected chi connectivity index (χ4v) is 3.11. The molecule has 0 atom stereocenters. The van der Waals surface area contributed by atoms with Gasteiger partial charge < -0.3 is 9.52 Å². The zero-order valence-corrected chi connectivity index (χ0v) is 11.5. The first-order valence-corrected chi connectivity index (χ1v) is 6.71. The van der Waals surface area contributed by atoms with E-state index >= 15 is 0 Å². The Hall–Kier alpha value is -1.56. The molecule has 1 aromatic carbocycles. The summed E-state index contributed by atoms with van der Waals surface area (Å²) < 4.78 is 6.56. The Bertz CT molecular complexity index is 793. The maximum atomic E-state index is 10.9. The number of benzene rings is 1. The number of hydrogen-bond donors (Lipinski definition) is 1. The van der Waals surface area contributed by atoms with Crippen molar-refractivity contribution in [2.75, 3.05) is 0 Å². The minimum Gasteiger partial charge on any atom is -0.478 e. The Balaban J connectivity index is 2.16. The zero-order chi connectivity index (χ0) is 13.6. The Morgan fingerprint density at radius 1 is 1.32 bits per heavy atom. The minimum atomic E-state index is -1.01. The van der Waals surface area contributed by atoms with E-state index in [0.717, 1.165) is 0 Å². The second kappa shape index (κ2) is 4.52. The van der Waals surface area contributed by atoms with Crippen LogP contribution in [0.5, 0.6) is 0 Å². The number of fused-ring (bicyclic) bond motifs is 1. The Labute approximate surface area is 121 Å². The lowest BCUT2D eigenvalue weighted by molar-refractivity contribution is 0.0697. The SMILES string of the molecule is O=C(O)c1ccc2oc(-c3cc(Cl)sc3Cl)nc2c1. The van der Waals surface area contributed by atoms with Crippen molar-refractivity contribution < 1.29 is 14.3 Å². The van der Waals surface area contributed by atoms with E-state index < -0.39 is 5.97 Å². The zero-order valence-electron chi connectivity index (χ0n) is 9.18. The predicted octanol–water partition coefficient (Wildman–Crippen LogP) is 4.56. The molecule has 4 nitrogen and oxygen atoms in total. The lowest BCUT2D eigenvalue weighted by Gasteiger charge is -1.91. The first-order valence-electron chi connectivity index (χ1n) is 5.13. The molecular formula is C12H5Cl2NO3S. The first-order chi connectivity index (χ1) is 9.04. The van der Waals surface area contributed by atoms with Gasteiger partial charge in [0.2, 0.25) is 5.89 Å². The third kappa shape index (κ3) is 2.20. The van der Waals surface area contributed by atoms with E-state index in [1.807, 2.05) is 0 Å². The first kappa shape index (κ1) is 12.5. The summed E-state index contributed by atoms with van der Waals surface area (Å²) in [6.45, 7) is 0. The highest BCUT2D eigenvalue weighted by Gasteiger charge is 2.15. The smallest absolute Gasteiger partial charge is 0.335 e. The molecule has 0 fully saturated rings. The molecule has 0 aliphatic carbocycles. The number of aromatic carboxylic acids is 1. The van der Waals surface area contributed by atoms with Crippen LogP contribution in [-0.4, -0.2) is 16.1 Å². The standard InChI is InChI=1S/C12H5Cl2NO3S/c13-9-4-6(10(14)19-9)11-15-7-3-5(12(16)17)1-2-8(7)18-11/h1-4H,(H,16,17). The largest absolute Gasteiger partial charge is 0.478 e. The molecule has 0 unspecified atom stereocenters. The van der Waals surface area contributed by atoms with Gasteiger partial charge in [0.25, 0.3) is 0 Å². The number of carboxylic acids is 1. The molecule has 0 saturated carbocycles. The van der Waals surface area contributed by atoms with Crippen molar-refractivity contribution >= 4 is 51.6 Å². The number of carboxylic acid groups (broad SMARTS) is 1. The molecule has 0 aliphatic rings. The number of rotatable bonds is 2. The van der Waals surface area contributed by atoms with E-state index in [1.54, 1.807) is 12.1 Å². The van der Waals surface area contributed by atoms with Crippen LogP contribution in [0.2, 0.25) is 8.67 Å². The van der Waals surface area contributed by atoms with E-state index in [4.69, 9.17) is 32.7 Å². The van der Waals surface area contributed by atoms with Gasteiger partial charge in [-0.2, -0.15) is 0 Å². The third-order valence-corrected chi connectivity index (χ3v) is 4.01. The monoisotopic (exact) mass is 313 g/mol. The van der Waals surface area contributed by atoms with Gasteiger partial charge in [0.05, 0.1) is 15.5 Å². The van der Waals surface area contributed by atoms with Gasteiger partial charge in [0.1, 0.15) is 9.85 Å². The minimum absolute atomic E-state index is 0.154. The molecule has 3 rings (SSSR count). The average molecular weight is 314 g/mol. The molecule has 2 aromatic heterocycles. The van der Waals surface area contributed by atoms with E-state index in [2.05, 4.69) is 4.98 Å². The second-order valence-corrected chi connectivity index (χ2v) is 6.03. The number of oxazole rings is 1. The van der Waals surface area contributed by atoms with Gasteiger partial charge in [-0.1, -0.05) is 23.2 Å². The average Bonchev–Trinajstić information content (AvgIpc) is 2.90. The second-order valence-electron chi connectivity index (χ2n) is 3.74. The molecule has 3 aromatic rings. The summed E-state index contributed by atoms with van der Waals surface area (Å²) in [5, 5.41) is 8.92. The van der Waals surface area contributed by atoms with Crippen LogP contribution in [-0.2, 0) is 0 Å². The van der Waals surface area contributed by atoms with Gasteiger partial charge in [-0.05, 0) is 24.3 Å². The van der Waals surface area contributed by atoms with Gasteiger partial charge >= 0.3 is 5.97 Å². The van der Waals surface area contributed by atoms with Crippen molar-refractivity contribution in [3.63, 3.8) is 0 Å². The van der Waals surface area contributed by atoms with E-state index in [1.165, 1.54) is 23.5 Å². The van der Waals surface area contributed by atoms with Crippen molar-refractivity contribution in [3.05, 3.63) is 38.5 Å². The highest BCUT2D eigenvalue weighted by Crippen LogP contribution is 2.38.